The molecule has 252 valence electrons. The SMILES string of the molecule is c1ccc(-c2ccc(N(c3ccccc3)c3ccc(-n4c5ccccc5c5ccc6c(c54)-c4cnccc4-c4cccc5cccc-6c45)cc3)cc2)cc1. The Morgan fingerprint density at radius 3 is 1.80 bits per heavy atom. The van der Waals surface area contributed by atoms with Gasteiger partial charge in [0, 0.05) is 57.0 Å². The van der Waals surface area contributed by atoms with Crippen molar-refractivity contribution >= 4 is 49.6 Å². The smallest absolute Gasteiger partial charge is 0.0626 e. The van der Waals surface area contributed by atoms with E-state index >= 15 is 0 Å². The number of hydrogen-bond donors (Lipinski definition) is 0. The van der Waals surface area contributed by atoms with Crippen molar-refractivity contribution in [1.29, 1.82) is 0 Å². The van der Waals surface area contributed by atoms with Crippen LogP contribution in [0.5, 0.6) is 0 Å². The summed E-state index contributed by atoms with van der Waals surface area (Å²) < 4.78 is 2.46. The molecule has 0 amide bonds. The number of nitrogens with zero attached hydrogens (tertiary/aromatic N) is 3. The van der Waals surface area contributed by atoms with Crippen LogP contribution in [0.15, 0.2) is 200 Å². The number of pyridine rings is 1. The zero-order valence-electron chi connectivity index (χ0n) is 29.4. The Morgan fingerprint density at radius 2 is 1.04 bits per heavy atom. The van der Waals surface area contributed by atoms with Crippen LogP contribution in [0.4, 0.5) is 17.1 Å². The van der Waals surface area contributed by atoms with Crippen LogP contribution in [0, 0.1) is 0 Å². The van der Waals surface area contributed by atoms with E-state index in [0.29, 0.717) is 0 Å². The van der Waals surface area contributed by atoms with E-state index in [2.05, 4.69) is 204 Å². The Kier molecular flexibility index (Phi) is 6.86. The molecule has 0 fully saturated rings. The highest BCUT2D eigenvalue weighted by Gasteiger charge is 2.26. The van der Waals surface area contributed by atoms with E-state index in [1.807, 2.05) is 6.20 Å². The second kappa shape index (κ2) is 12.2. The third kappa shape index (κ3) is 4.65. The van der Waals surface area contributed by atoms with Gasteiger partial charge in [-0.05, 0) is 105 Å². The highest BCUT2D eigenvalue weighted by atomic mass is 15.1. The van der Waals surface area contributed by atoms with Crippen LogP contribution in [0.25, 0.3) is 82.8 Å². The molecule has 3 heteroatoms. The molecule has 0 radical (unpaired) electrons. The second-order valence-corrected chi connectivity index (χ2v) is 14.0. The van der Waals surface area contributed by atoms with Gasteiger partial charge in [-0.1, -0.05) is 127 Å². The second-order valence-electron chi connectivity index (χ2n) is 14.0. The minimum atomic E-state index is 1.09. The lowest BCUT2D eigenvalue weighted by atomic mass is 9.92. The van der Waals surface area contributed by atoms with E-state index in [1.165, 1.54) is 71.5 Å². The van der Waals surface area contributed by atoms with Gasteiger partial charge in [-0.2, -0.15) is 0 Å². The average molecular weight is 688 g/mol. The fourth-order valence-electron chi connectivity index (χ4n) is 8.65. The van der Waals surface area contributed by atoms with E-state index in [9.17, 15) is 0 Å². The molecule has 0 aliphatic heterocycles. The molecule has 1 aliphatic carbocycles. The Balaban J connectivity index is 1.12. The topological polar surface area (TPSA) is 21.1 Å². The van der Waals surface area contributed by atoms with E-state index in [-0.39, 0.29) is 0 Å². The Hall–Kier alpha value is -7.23. The van der Waals surface area contributed by atoms with Gasteiger partial charge >= 0.3 is 0 Å². The molecule has 2 heterocycles. The molecule has 1 aliphatic rings. The summed E-state index contributed by atoms with van der Waals surface area (Å²) in [5.74, 6) is 0. The van der Waals surface area contributed by atoms with Gasteiger partial charge < -0.3 is 9.47 Å². The average Bonchev–Trinajstić information content (AvgIpc) is 3.52. The molecular formula is C51H33N3. The highest BCUT2D eigenvalue weighted by molar-refractivity contribution is 6.21. The first-order valence-corrected chi connectivity index (χ1v) is 18.5. The number of anilines is 3. The van der Waals surface area contributed by atoms with Crippen molar-refractivity contribution in [3.63, 3.8) is 0 Å². The van der Waals surface area contributed by atoms with Crippen molar-refractivity contribution in [3.8, 4) is 50.2 Å². The van der Waals surface area contributed by atoms with Crippen LogP contribution in [-0.2, 0) is 0 Å². The normalized spacial score (nSPS) is 11.7. The fourth-order valence-corrected chi connectivity index (χ4v) is 8.65. The Morgan fingerprint density at radius 1 is 0.407 bits per heavy atom. The zero-order valence-corrected chi connectivity index (χ0v) is 29.4. The number of benzene rings is 8. The summed E-state index contributed by atoms with van der Waals surface area (Å²) in [6.45, 7) is 0. The molecule has 54 heavy (non-hydrogen) atoms. The first-order valence-electron chi connectivity index (χ1n) is 18.5. The van der Waals surface area contributed by atoms with Gasteiger partial charge in [0.1, 0.15) is 0 Å². The maximum absolute atomic E-state index is 4.72. The van der Waals surface area contributed by atoms with E-state index < -0.39 is 0 Å². The van der Waals surface area contributed by atoms with Gasteiger partial charge in [0.15, 0.2) is 0 Å². The van der Waals surface area contributed by atoms with Crippen molar-refractivity contribution < 1.29 is 0 Å². The maximum Gasteiger partial charge on any atom is 0.0626 e. The van der Waals surface area contributed by atoms with Crippen molar-refractivity contribution in [1.82, 2.24) is 9.55 Å². The van der Waals surface area contributed by atoms with Gasteiger partial charge in [-0.3, -0.25) is 4.98 Å². The standard InChI is InChI=1S/C51H33N3/c1-3-11-34(12-4-1)35-21-23-38(24-22-35)53(37-15-5-2-6-16-37)39-25-27-40(28-26-39)54-48-20-8-7-17-42(48)46-30-29-45-44-19-10-14-36-13-9-18-43(49(36)44)41-31-32-52-33-47(41)50(45)51(46)54/h1-33H. The van der Waals surface area contributed by atoms with Crippen LogP contribution in [0.2, 0.25) is 0 Å². The quantitative estimate of drug-likeness (QED) is 0.180. The first kappa shape index (κ1) is 30.4. The Bertz CT molecular complexity index is 3010. The minimum absolute atomic E-state index is 1.09. The lowest BCUT2D eigenvalue weighted by molar-refractivity contribution is 1.17. The first-order chi connectivity index (χ1) is 26.8. The molecule has 0 spiro atoms. The van der Waals surface area contributed by atoms with Gasteiger partial charge in [0.2, 0.25) is 0 Å². The molecule has 0 atom stereocenters. The van der Waals surface area contributed by atoms with Crippen LogP contribution >= 0.6 is 0 Å². The summed E-state index contributed by atoms with van der Waals surface area (Å²) in [5, 5.41) is 4.99. The molecule has 0 N–H and O–H groups in total. The third-order valence-electron chi connectivity index (χ3n) is 11.0. The molecular weight excluding hydrogens is 655 g/mol. The largest absolute Gasteiger partial charge is 0.311 e. The predicted molar refractivity (Wildman–Crippen MR) is 226 cm³/mol. The summed E-state index contributed by atoms with van der Waals surface area (Å²) in [7, 11) is 0. The van der Waals surface area contributed by atoms with Crippen LogP contribution in [-0.4, -0.2) is 9.55 Å². The summed E-state index contributed by atoms with van der Waals surface area (Å²) in [4.78, 5) is 7.05. The monoisotopic (exact) mass is 687 g/mol. The highest BCUT2D eigenvalue weighted by Crippen LogP contribution is 2.51. The zero-order chi connectivity index (χ0) is 35.6. The van der Waals surface area contributed by atoms with Crippen molar-refractivity contribution in [2.45, 2.75) is 0 Å². The molecule has 3 nitrogen and oxygen atoms in total. The molecule has 10 aromatic rings. The molecule has 0 saturated carbocycles. The summed E-state index contributed by atoms with van der Waals surface area (Å²) >= 11 is 0. The molecule has 0 unspecified atom stereocenters. The number of hydrogen-bond acceptors (Lipinski definition) is 2. The molecule has 8 aromatic carbocycles. The lowest BCUT2D eigenvalue weighted by Gasteiger charge is -2.26. The van der Waals surface area contributed by atoms with Crippen LogP contribution < -0.4 is 4.90 Å². The van der Waals surface area contributed by atoms with Gasteiger partial charge in [-0.15, -0.1) is 0 Å². The summed E-state index contributed by atoms with van der Waals surface area (Å²) in [6.07, 6.45) is 3.98. The lowest BCUT2D eigenvalue weighted by Crippen LogP contribution is -2.10. The maximum atomic E-state index is 4.72. The van der Waals surface area contributed by atoms with E-state index in [1.54, 1.807) is 0 Å². The van der Waals surface area contributed by atoms with E-state index in [4.69, 9.17) is 4.98 Å². The van der Waals surface area contributed by atoms with Crippen LogP contribution in [0.1, 0.15) is 0 Å². The number of fused-ring (bicyclic) bond motifs is 9. The number of aromatic nitrogens is 2. The van der Waals surface area contributed by atoms with Gasteiger partial charge in [-0.25, -0.2) is 0 Å². The number of rotatable bonds is 5. The van der Waals surface area contributed by atoms with Gasteiger partial charge in [0.25, 0.3) is 0 Å². The molecule has 11 rings (SSSR count). The van der Waals surface area contributed by atoms with Crippen LogP contribution in [0.3, 0.4) is 0 Å². The van der Waals surface area contributed by atoms with Crippen molar-refractivity contribution in [3.05, 3.63) is 200 Å². The van der Waals surface area contributed by atoms with Crippen molar-refractivity contribution in [2.75, 3.05) is 4.90 Å². The summed E-state index contributed by atoms with van der Waals surface area (Å²) in [6, 6.07) is 68.0. The third-order valence-corrected chi connectivity index (χ3v) is 11.0. The minimum Gasteiger partial charge on any atom is -0.311 e. The van der Waals surface area contributed by atoms with Crippen molar-refractivity contribution in [2.24, 2.45) is 0 Å². The van der Waals surface area contributed by atoms with Gasteiger partial charge in [0.05, 0.1) is 11.0 Å². The fraction of sp³-hybridized carbons (Fsp3) is 0. The van der Waals surface area contributed by atoms with E-state index in [0.717, 1.165) is 28.3 Å². The molecule has 2 aromatic heterocycles. The molecule has 0 saturated heterocycles. The Labute approximate surface area is 313 Å². The molecule has 0 bridgehead atoms. The summed E-state index contributed by atoms with van der Waals surface area (Å²) in [5.41, 5.74) is 16.5. The number of para-hydroxylation sites is 2. The predicted octanol–water partition coefficient (Wildman–Crippen LogP) is 13.8.